The standard InChI is InChI=1S/C21H28N4O/c1-15-22-12-16-6-9-21(18(16)23-15)8-5-10-24(14-21)19(26)17-7-11-25(13-17)20(2,3)4/h7,11-13H,5-6,8-10,14H2,1-4H3. The molecule has 138 valence electrons. The van der Waals surface area contributed by atoms with E-state index in [0.29, 0.717) is 0 Å². The van der Waals surface area contributed by atoms with Crippen molar-refractivity contribution in [1.29, 1.82) is 0 Å². The summed E-state index contributed by atoms with van der Waals surface area (Å²) in [4.78, 5) is 24.3. The first-order valence-electron chi connectivity index (χ1n) is 9.59. The Kier molecular flexibility index (Phi) is 3.94. The van der Waals surface area contributed by atoms with Gasteiger partial charge in [-0.05, 0) is 65.0 Å². The number of likely N-dealkylation sites (tertiary alicyclic amines) is 1. The Morgan fingerprint density at radius 1 is 1.27 bits per heavy atom. The van der Waals surface area contributed by atoms with Crippen molar-refractivity contribution >= 4 is 5.91 Å². The third-order valence-corrected chi connectivity index (χ3v) is 5.94. The number of aromatic nitrogens is 3. The van der Waals surface area contributed by atoms with E-state index in [9.17, 15) is 4.79 Å². The minimum atomic E-state index is -0.0134. The van der Waals surface area contributed by atoms with E-state index >= 15 is 0 Å². The van der Waals surface area contributed by atoms with E-state index in [4.69, 9.17) is 4.98 Å². The number of amides is 1. The number of piperidine rings is 1. The molecule has 4 rings (SSSR count). The van der Waals surface area contributed by atoms with Crippen LogP contribution in [0.4, 0.5) is 0 Å². The van der Waals surface area contributed by atoms with E-state index < -0.39 is 0 Å². The molecule has 5 nitrogen and oxygen atoms in total. The fourth-order valence-electron chi connectivity index (χ4n) is 4.45. The lowest BCUT2D eigenvalue weighted by atomic mass is 9.77. The fraction of sp³-hybridized carbons (Fsp3) is 0.571. The van der Waals surface area contributed by atoms with E-state index in [1.54, 1.807) is 0 Å². The molecule has 0 N–H and O–H groups in total. The molecule has 1 unspecified atom stereocenters. The van der Waals surface area contributed by atoms with Crippen LogP contribution in [-0.4, -0.2) is 38.4 Å². The highest BCUT2D eigenvalue weighted by Gasteiger charge is 2.44. The van der Waals surface area contributed by atoms with Gasteiger partial charge < -0.3 is 9.47 Å². The third-order valence-electron chi connectivity index (χ3n) is 5.94. The van der Waals surface area contributed by atoms with Crippen molar-refractivity contribution in [1.82, 2.24) is 19.4 Å². The number of carbonyl (C=O) groups is 1. The second kappa shape index (κ2) is 5.93. The lowest BCUT2D eigenvalue weighted by Gasteiger charge is -2.40. The SMILES string of the molecule is Cc1ncc2c(n1)C1(CCCN(C(=O)c3ccn(C(C)(C)C)c3)C1)CC2. The van der Waals surface area contributed by atoms with Gasteiger partial charge in [-0.3, -0.25) is 4.79 Å². The second-order valence-corrected chi connectivity index (χ2v) is 8.88. The molecular formula is C21H28N4O. The maximum atomic E-state index is 13.1. The van der Waals surface area contributed by atoms with Crippen molar-refractivity contribution in [2.75, 3.05) is 13.1 Å². The van der Waals surface area contributed by atoms with E-state index in [2.05, 4.69) is 30.3 Å². The highest BCUT2D eigenvalue weighted by molar-refractivity contribution is 5.94. The van der Waals surface area contributed by atoms with Gasteiger partial charge in [0.2, 0.25) is 0 Å². The maximum absolute atomic E-state index is 13.1. The Balaban J connectivity index is 1.59. The minimum Gasteiger partial charge on any atom is -0.348 e. The zero-order valence-corrected chi connectivity index (χ0v) is 16.2. The van der Waals surface area contributed by atoms with Gasteiger partial charge in [0.05, 0.1) is 11.3 Å². The zero-order chi connectivity index (χ0) is 18.5. The van der Waals surface area contributed by atoms with Crippen molar-refractivity contribution in [3.05, 3.63) is 47.3 Å². The summed E-state index contributed by atoms with van der Waals surface area (Å²) in [5, 5.41) is 0. The van der Waals surface area contributed by atoms with Gasteiger partial charge in [0.25, 0.3) is 5.91 Å². The summed E-state index contributed by atoms with van der Waals surface area (Å²) in [6.07, 6.45) is 10.2. The molecule has 1 spiro atoms. The molecule has 5 heteroatoms. The Bertz CT molecular complexity index is 844. The first-order valence-corrected chi connectivity index (χ1v) is 9.59. The van der Waals surface area contributed by atoms with Crippen molar-refractivity contribution in [2.45, 2.75) is 64.3 Å². The summed E-state index contributed by atoms with van der Waals surface area (Å²) in [7, 11) is 0. The van der Waals surface area contributed by atoms with Gasteiger partial charge in [0.15, 0.2) is 0 Å². The van der Waals surface area contributed by atoms with Crippen LogP contribution >= 0.6 is 0 Å². The molecule has 0 bridgehead atoms. The number of aryl methyl sites for hydroxylation is 2. The van der Waals surface area contributed by atoms with Crippen LogP contribution in [0.1, 0.15) is 67.5 Å². The van der Waals surface area contributed by atoms with Gasteiger partial charge in [0.1, 0.15) is 5.82 Å². The molecule has 1 saturated heterocycles. The molecule has 2 aliphatic rings. The molecule has 0 aromatic carbocycles. The molecule has 2 aromatic rings. The third kappa shape index (κ3) is 2.83. The molecule has 26 heavy (non-hydrogen) atoms. The monoisotopic (exact) mass is 352 g/mol. The summed E-state index contributed by atoms with van der Waals surface area (Å²) in [5.74, 6) is 0.974. The average molecular weight is 352 g/mol. The summed E-state index contributed by atoms with van der Waals surface area (Å²) in [6.45, 7) is 10.0. The first kappa shape index (κ1) is 17.3. The average Bonchev–Trinajstić information content (AvgIpc) is 3.21. The molecule has 0 saturated carbocycles. The molecular weight excluding hydrogens is 324 g/mol. The van der Waals surface area contributed by atoms with Crippen molar-refractivity contribution in [2.24, 2.45) is 0 Å². The molecule has 1 fully saturated rings. The van der Waals surface area contributed by atoms with Gasteiger partial charge in [-0.1, -0.05) is 0 Å². The Morgan fingerprint density at radius 2 is 2.08 bits per heavy atom. The quantitative estimate of drug-likeness (QED) is 0.790. The molecule has 1 aliphatic carbocycles. The molecule has 1 aliphatic heterocycles. The summed E-state index contributed by atoms with van der Waals surface area (Å²) < 4.78 is 2.11. The Labute approximate surface area is 155 Å². The van der Waals surface area contributed by atoms with Crippen LogP contribution in [0.2, 0.25) is 0 Å². The maximum Gasteiger partial charge on any atom is 0.255 e. The fourth-order valence-corrected chi connectivity index (χ4v) is 4.45. The summed E-state index contributed by atoms with van der Waals surface area (Å²) in [5.41, 5.74) is 3.25. The minimum absolute atomic E-state index is 0.0134. The van der Waals surface area contributed by atoms with Gasteiger partial charge in [-0.25, -0.2) is 9.97 Å². The highest BCUT2D eigenvalue weighted by atomic mass is 16.2. The zero-order valence-electron chi connectivity index (χ0n) is 16.2. The van der Waals surface area contributed by atoms with Crippen LogP contribution < -0.4 is 0 Å². The van der Waals surface area contributed by atoms with Crippen molar-refractivity contribution in [3.63, 3.8) is 0 Å². The molecule has 1 amide bonds. The van der Waals surface area contributed by atoms with Crippen LogP contribution in [0, 0.1) is 6.92 Å². The number of hydrogen-bond acceptors (Lipinski definition) is 3. The smallest absolute Gasteiger partial charge is 0.255 e. The van der Waals surface area contributed by atoms with Crippen LogP contribution in [0.15, 0.2) is 24.7 Å². The summed E-state index contributed by atoms with van der Waals surface area (Å²) >= 11 is 0. The molecule has 0 radical (unpaired) electrons. The number of nitrogens with zero attached hydrogens (tertiary/aromatic N) is 4. The predicted molar refractivity (Wildman–Crippen MR) is 101 cm³/mol. The lowest BCUT2D eigenvalue weighted by Crippen LogP contribution is -2.48. The number of hydrogen-bond donors (Lipinski definition) is 0. The van der Waals surface area contributed by atoms with E-state index in [-0.39, 0.29) is 16.9 Å². The number of rotatable bonds is 1. The lowest BCUT2D eigenvalue weighted by molar-refractivity contribution is 0.0633. The Morgan fingerprint density at radius 3 is 2.81 bits per heavy atom. The van der Waals surface area contributed by atoms with Crippen LogP contribution in [0.25, 0.3) is 0 Å². The van der Waals surface area contributed by atoms with Gasteiger partial charge >= 0.3 is 0 Å². The molecule has 3 heterocycles. The van der Waals surface area contributed by atoms with E-state index in [1.165, 1.54) is 11.3 Å². The Hall–Kier alpha value is -2.17. The number of fused-ring (bicyclic) bond motifs is 2. The van der Waals surface area contributed by atoms with Gasteiger partial charge in [-0.15, -0.1) is 0 Å². The first-order chi connectivity index (χ1) is 12.3. The molecule has 1 atom stereocenters. The van der Waals surface area contributed by atoms with E-state index in [1.807, 2.05) is 36.5 Å². The summed E-state index contributed by atoms with van der Waals surface area (Å²) in [6, 6.07) is 1.95. The predicted octanol–water partition coefficient (Wildman–Crippen LogP) is 3.46. The normalized spacial score (nSPS) is 22.7. The van der Waals surface area contributed by atoms with Crippen molar-refractivity contribution < 1.29 is 4.79 Å². The molecule has 2 aromatic heterocycles. The van der Waals surface area contributed by atoms with Crippen molar-refractivity contribution in [3.8, 4) is 0 Å². The largest absolute Gasteiger partial charge is 0.348 e. The van der Waals surface area contributed by atoms with Gasteiger partial charge in [-0.2, -0.15) is 0 Å². The number of carbonyl (C=O) groups excluding carboxylic acids is 1. The highest BCUT2D eigenvalue weighted by Crippen LogP contribution is 2.44. The van der Waals surface area contributed by atoms with Crippen LogP contribution in [0.3, 0.4) is 0 Å². The van der Waals surface area contributed by atoms with Gasteiger partial charge in [0, 0.05) is 42.6 Å². The van der Waals surface area contributed by atoms with E-state index in [0.717, 1.165) is 50.2 Å². The topological polar surface area (TPSA) is 51.0 Å². The second-order valence-electron chi connectivity index (χ2n) is 8.88. The van der Waals surface area contributed by atoms with Crippen LogP contribution in [-0.2, 0) is 17.4 Å². The van der Waals surface area contributed by atoms with Crippen LogP contribution in [0.5, 0.6) is 0 Å².